The van der Waals surface area contributed by atoms with Crippen LogP contribution in [0.3, 0.4) is 0 Å². The number of H-pyrrole nitrogens is 2. The van der Waals surface area contributed by atoms with Crippen molar-refractivity contribution < 1.29 is 9.53 Å². The fourth-order valence-electron chi connectivity index (χ4n) is 5.10. The molecule has 1 fully saturated rings. The number of aromatic nitrogens is 3. The molecule has 6 rings (SSSR count). The number of para-hydroxylation sites is 1. The van der Waals surface area contributed by atoms with Crippen LogP contribution in [0.15, 0.2) is 77.7 Å². The molecule has 8 nitrogen and oxygen atoms in total. The van der Waals surface area contributed by atoms with Gasteiger partial charge in [-0.2, -0.15) is 0 Å². The highest BCUT2D eigenvalue weighted by atomic mass is 32.1. The summed E-state index contributed by atoms with van der Waals surface area (Å²) in [5.74, 6) is -0.128. The quantitative estimate of drug-likeness (QED) is 0.267. The number of hydrogen-bond acceptors (Lipinski definition) is 5. The van der Waals surface area contributed by atoms with Gasteiger partial charge in [0.1, 0.15) is 0 Å². The zero-order valence-corrected chi connectivity index (χ0v) is 22.2. The van der Waals surface area contributed by atoms with Gasteiger partial charge in [0.05, 0.1) is 30.7 Å². The van der Waals surface area contributed by atoms with Gasteiger partial charge in [0.25, 0.3) is 11.5 Å². The maximum atomic E-state index is 13.4. The van der Waals surface area contributed by atoms with E-state index in [1.165, 1.54) is 10.9 Å². The van der Waals surface area contributed by atoms with Crippen LogP contribution in [0.4, 0.5) is 5.69 Å². The number of ether oxygens (including phenoxy) is 1. The normalized spacial score (nSPS) is 13.7. The first-order chi connectivity index (χ1) is 19.1. The fourth-order valence-corrected chi connectivity index (χ4v) is 5.35. The minimum Gasteiger partial charge on any atom is -0.378 e. The maximum absolute atomic E-state index is 13.4. The van der Waals surface area contributed by atoms with Gasteiger partial charge in [0.2, 0.25) is 0 Å². The number of nitrogens with zero attached hydrogens (tertiary/aromatic N) is 2. The lowest BCUT2D eigenvalue weighted by Crippen LogP contribution is -2.36. The molecule has 2 aromatic heterocycles. The summed E-state index contributed by atoms with van der Waals surface area (Å²) in [5, 5.41) is 4.77. The number of fused-ring (bicyclic) bond motifs is 2. The van der Waals surface area contributed by atoms with E-state index in [0.29, 0.717) is 42.0 Å². The van der Waals surface area contributed by atoms with Crippen molar-refractivity contribution in [2.24, 2.45) is 0 Å². The topological polar surface area (TPSA) is 95.2 Å². The second-order valence-corrected chi connectivity index (χ2v) is 10.1. The highest BCUT2D eigenvalue weighted by Gasteiger charge is 2.14. The van der Waals surface area contributed by atoms with Crippen molar-refractivity contribution in [1.82, 2.24) is 19.9 Å². The number of hydrogen-bond donors (Lipinski definition) is 3. The van der Waals surface area contributed by atoms with Crippen molar-refractivity contribution in [3.05, 3.63) is 105 Å². The Kier molecular flexibility index (Phi) is 7.00. The van der Waals surface area contributed by atoms with Gasteiger partial charge >= 0.3 is 0 Å². The van der Waals surface area contributed by atoms with Crippen LogP contribution < -0.4 is 15.8 Å². The Hall–Kier alpha value is -4.21. The maximum Gasteiger partial charge on any atom is 0.262 e. The molecule has 0 bridgehead atoms. The second-order valence-electron chi connectivity index (χ2n) is 9.71. The van der Waals surface area contributed by atoms with Crippen molar-refractivity contribution in [2.45, 2.75) is 13.0 Å². The lowest BCUT2D eigenvalue weighted by Gasteiger charge is -2.29. The molecule has 5 aromatic rings. The van der Waals surface area contributed by atoms with Gasteiger partial charge in [-0.25, -0.2) is 0 Å². The van der Waals surface area contributed by atoms with Gasteiger partial charge in [-0.15, -0.1) is 0 Å². The van der Waals surface area contributed by atoms with Crippen LogP contribution in [0.25, 0.3) is 21.8 Å². The summed E-state index contributed by atoms with van der Waals surface area (Å²) >= 11 is 5.52. The first kappa shape index (κ1) is 25.1. The predicted octanol–water partition coefficient (Wildman–Crippen LogP) is 4.40. The number of rotatable bonds is 7. The van der Waals surface area contributed by atoms with Crippen LogP contribution in [0.5, 0.6) is 0 Å². The molecule has 0 atom stereocenters. The molecule has 198 valence electrons. The summed E-state index contributed by atoms with van der Waals surface area (Å²) in [7, 11) is 0. The monoisotopic (exact) mass is 539 g/mol. The van der Waals surface area contributed by atoms with E-state index in [9.17, 15) is 9.59 Å². The largest absolute Gasteiger partial charge is 0.378 e. The third kappa shape index (κ3) is 5.23. The smallest absolute Gasteiger partial charge is 0.262 e. The Morgan fingerprint density at radius 2 is 1.77 bits per heavy atom. The zero-order chi connectivity index (χ0) is 26.8. The van der Waals surface area contributed by atoms with E-state index in [2.05, 4.69) is 26.3 Å². The average Bonchev–Trinajstić information content (AvgIpc) is 3.39. The van der Waals surface area contributed by atoms with Crippen molar-refractivity contribution in [1.29, 1.82) is 0 Å². The Morgan fingerprint density at radius 3 is 2.59 bits per heavy atom. The van der Waals surface area contributed by atoms with Crippen LogP contribution in [0, 0.1) is 4.77 Å². The Morgan fingerprint density at radius 1 is 0.974 bits per heavy atom. The van der Waals surface area contributed by atoms with Crippen LogP contribution in [-0.2, 0) is 17.7 Å². The van der Waals surface area contributed by atoms with Gasteiger partial charge in [-0.1, -0.05) is 30.3 Å². The van der Waals surface area contributed by atoms with E-state index >= 15 is 0 Å². The molecule has 3 N–H and O–H groups in total. The highest BCUT2D eigenvalue weighted by Crippen LogP contribution is 2.21. The minimum atomic E-state index is -0.136. The van der Waals surface area contributed by atoms with Gasteiger partial charge in [0, 0.05) is 48.0 Å². The molecule has 1 aliphatic heterocycles. The molecule has 9 heteroatoms. The van der Waals surface area contributed by atoms with E-state index in [4.69, 9.17) is 17.0 Å². The molecule has 1 saturated heterocycles. The van der Waals surface area contributed by atoms with Crippen LogP contribution in [0.2, 0.25) is 0 Å². The highest BCUT2D eigenvalue weighted by molar-refractivity contribution is 7.71. The molecule has 0 unspecified atom stereocenters. The molecule has 1 amide bonds. The number of morpholine rings is 1. The summed E-state index contributed by atoms with van der Waals surface area (Å²) < 4.78 is 7.38. The molecular formula is C30H29N5O3S. The Labute approximate surface area is 230 Å². The summed E-state index contributed by atoms with van der Waals surface area (Å²) in [6.07, 6.45) is 2.73. The standard InChI is InChI=1S/C30H29N5O3S/c36-28(31-12-11-22-18-32-26-4-2-1-3-24(22)26)21-7-5-20(6-8-21)19-35-29(37)25-17-23(34-13-15-38-16-14-34)9-10-27(25)33-30(35)39/h1-10,17-18,32H,11-16,19H2,(H,31,36)(H,33,39). The Bertz CT molecular complexity index is 1760. The lowest BCUT2D eigenvalue weighted by atomic mass is 10.1. The minimum absolute atomic E-state index is 0.128. The van der Waals surface area contributed by atoms with E-state index in [1.54, 1.807) is 16.7 Å². The van der Waals surface area contributed by atoms with Crippen molar-refractivity contribution in [2.75, 3.05) is 37.7 Å². The summed E-state index contributed by atoms with van der Waals surface area (Å²) in [5.41, 5.74) is 5.31. The SMILES string of the molecule is O=C(NCCc1c[nH]c2ccccc12)c1ccc(Cn2c(=S)[nH]c3ccc(N4CCOCC4)cc3c2=O)cc1. The molecule has 3 aromatic carbocycles. The molecule has 0 saturated carbocycles. The van der Waals surface area contributed by atoms with Crippen molar-refractivity contribution in [3.8, 4) is 0 Å². The van der Waals surface area contributed by atoms with Crippen molar-refractivity contribution in [3.63, 3.8) is 0 Å². The number of nitrogens with one attached hydrogen (secondary N) is 3. The lowest BCUT2D eigenvalue weighted by molar-refractivity contribution is 0.0954. The summed E-state index contributed by atoms with van der Waals surface area (Å²) in [4.78, 5) is 34.8. The first-order valence-corrected chi connectivity index (χ1v) is 13.5. The molecule has 0 aliphatic carbocycles. The van der Waals surface area contributed by atoms with Gasteiger partial charge in [-0.05, 0) is 66.2 Å². The van der Waals surface area contributed by atoms with E-state index in [1.807, 2.05) is 54.7 Å². The fraction of sp³-hybridized carbons (Fsp3) is 0.233. The number of carbonyl (C=O) groups is 1. The van der Waals surface area contributed by atoms with E-state index in [-0.39, 0.29) is 11.5 Å². The molecule has 39 heavy (non-hydrogen) atoms. The molecular weight excluding hydrogens is 510 g/mol. The van der Waals surface area contributed by atoms with Crippen LogP contribution in [-0.4, -0.2) is 53.3 Å². The third-order valence-corrected chi connectivity index (χ3v) is 7.58. The van der Waals surface area contributed by atoms with Crippen LogP contribution in [0.1, 0.15) is 21.5 Å². The number of amides is 1. The average molecular weight is 540 g/mol. The van der Waals surface area contributed by atoms with Gasteiger partial charge in [0.15, 0.2) is 4.77 Å². The molecule has 1 aliphatic rings. The van der Waals surface area contributed by atoms with E-state index < -0.39 is 0 Å². The van der Waals surface area contributed by atoms with Gasteiger partial charge < -0.3 is 24.9 Å². The zero-order valence-electron chi connectivity index (χ0n) is 21.4. The predicted molar refractivity (Wildman–Crippen MR) is 156 cm³/mol. The third-order valence-electron chi connectivity index (χ3n) is 7.25. The molecule has 0 radical (unpaired) electrons. The van der Waals surface area contributed by atoms with E-state index in [0.717, 1.165) is 41.8 Å². The first-order valence-electron chi connectivity index (χ1n) is 13.1. The number of benzene rings is 3. The van der Waals surface area contributed by atoms with Gasteiger partial charge in [-0.3, -0.25) is 14.2 Å². The number of anilines is 1. The molecule has 3 heterocycles. The van der Waals surface area contributed by atoms with Crippen molar-refractivity contribution >= 4 is 45.6 Å². The summed E-state index contributed by atoms with van der Waals surface area (Å²) in [6.45, 7) is 3.80. The second kappa shape index (κ2) is 10.9. The Balaban J connectivity index is 1.14. The molecule has 0 spiro atoms. The van der Waals surface area contributed by atoms with Crippen LogP contribution >= 0.6 is 12.2 Å². The summed E-state index contributed by atoms with van der Waals surface area (Å²) in [6, 6.07) is 21.3. The number of carbonyl (C=O) groups excluding carboxylic acids is 1. The number of aromatic amines is 2.